The second kappa shape index (κ2) is 4.23. The van der Waals surface area contributed by atoms with Crippen LogP contribution in [0.2, 0.25) is 0 Å². The molecule has 0 fully saturated rings. The number of nitrogens with two attached hydrogens (primary N) is 1. The highest BCUT2D eigenvalue weighted by atomic mass is 19.1. The number of aryl methyl sites for hydroxylation is 1. The lowest BCUT2D eigenvalue weighted by atomic mass is 10.2. The van der Waals surface area contributed by atoms with Crippen molar-refractivity contribution in [2.24, 2.45) is 0 Å². The third-order valence-electron chi connectivity index (χ3n) is 2.22. The second-order valence-corrected chi connectivity index (χ2v) is 3.60. The number of benzene rings is 2. The quantitative estimate of drug-likeness (QED) is 0.781. The minimum absolute atomic E-state index is 0.292. The molecule has 0 saturated heterocycles. The molecule has 82 valence electrons. The SMILES string of the molecule is Cc1ccc(Oc2ccc(F)cc2N)cc1. The summed E-state index contributed by atoms with van der Waals surface area (Å²) in [6, 6.07) is 11.6. The lowest BCUT2D eigenvalue weighted by molar-refractivity contribution is 0.483. The standard InChI is InChI=1S/C13H12FNO/c1-9-2-5-11(6-3-9)16-13-7-4-10(14)8-12(13)15/h2-8H,15H2,1H3. The van der Waals surface area contributed by atoms with E-state index in [1.807, 2.05) is 31.2 Å². The van der Waals surface area contributed by atoms with Gasteiger partial charge in [-0.05, 0) is 31.2 Å². The number of ether oxygens (including phenoxy) is 1. The van der Waals surface area contributed by atoms with E-state index in [0.29, 0.717) is 17.2 Å². The topological polar surface area (TPSA) is 35.2 Å². The largest absolute Gasteiger partial charge is 0.455 e. The van der Waals surface area contributed by atoms with Gasteiger partial charge in [0.2, 0.25) is 0 Å². The zero-order valence-electron chi connectivity index (χ0n) is 8.91. The minimum Gasteiger partial charge on any atom is -0.455 e. The highest BCUT2D eigenvalue weighted by molar-refractivity contribution is 5.53. The number of nitrogen functional groups attached to an aromatic ring is 1. The predicted molar refractivity (Wildman–Crippen MR) is 62.1 cm³/mol. The molecule has 0 aliphatic carbocycles. The van der Waals surface area contributed by atoms with E-state index in [2.05, 4.69) is 0 Å². The Bertz CT molecular complexity index is 494. The fourth-order valence-corrected chi connectivity index (χ4v) is 1.35. The third kappa shape index (κ3) is 2.31. The molecule has 2 aromatic rings. The summed E-state index contributed by atoms with van der Waals surface area (Å²) in [6.07, 6.45) is 0. The summed E-state index contributed by atoms with van der Waals surface area (Å²) in [4.78, 5) is 0. The van der Waals surface area contributed by atoms with Gasteiger partial charge in [-0.25, -0.2) is 4.39 Å². The van der Waals surface area contributed by atoms with Crippen molar-refractivity contribution in [3.05, 3.63) is 53.8 Å². The monoisotopic (exact) mass is 217 g/mol. The van der Waals surface area contributed by atoms with Gasteiger partial charge in [-0.3, -0.25) is 0 Å². The summed E-state index contributed by atoms with van der Waals surface area (Å²) in [6.45, 7) is 2.00. The first-order chi connectivity index (χ1) is 7.65. The van der Waals surface area contributed by atoms with Gasteiger partial charge < -0.3 is 10.5 Å². The molecule has 2 N–H and O–H groups in total. The molecule has 0 heterocycles. The van der Waals surface area contributed by atoms with Crippen LogP contribution in [-0.2, 0) is 0 Å². The fourth-order valence-electron chi connectivity index (χ4n) is 1.35. The molecule has 0 amide bonds. The maximum Gasteiger partial charge on any atom is 0.150 e. The highest BCUT2D eigenvalue weighted by Gasteiger charge is 2.03. The van der Waals surface area contributed by atoms with Gasteiger partial charge in [0.15, 0.2) is 5.75 Å². The average molecular weight is 217 g/mol. The molecular formula is C13H12FNO. The summed E-state index contributed by atoms with van der Waals surface area (Å²) < 4.78 is 18.3. The van der Waals surface area contributed by atoms with Gasteiger partial charge in [-0.1, -0.05) is 17.7 Å². The molecule has 0 radical (unpaired) electrons. The van der Waals surface area contributed by atoms with E-state index in [1.54, 1.807) is 0 Å². The van der Waals surface area contributed by atoms with Crippen molar-refractivity contribution in [3.8, 4) is 11.5 Å². The first kappa shape index (κ1) is 10.5. The van der Waals surface area contributed by atoms with Gasteiger partial charge in [0.1, 0.15) is 11.6 Å². The summed E-state index contributed by atoms with van der Waals surface area (Å²) >= 11 is 0. The lowest BCUT2D eigenvalue weighted by Gasteiger charge is -2.08. The Morgan fingerprint density at radius 1 is 1.06 bits per heavy atom. The number of halogens is 1. The Labute approximate surface area is 93.5 Å². The number of anilines is 1. The van der Waals surface area contributed by atoms with E-state index < -0.39 is 0 Å². The van der Waals surface area contributed by atoms with E-state index >= 15 is 0 Å². The number of rotatable bonds is 2. The molecular weight excluding hydrogens is 205 g/mol. The summed E-state index contributed by atoms with van der Waals surface area (Å²) in [7, 11) is 0. The first-order valence-electron chi connectivity index (χ1n) is 4.95. The van der Waals surface area contributed by atoms with Crippen LogP contribution in [0.5, 0.6) is 11.5 Å². The fraction of sp³-hybridized carbons (Fsp3) is 0.0769. The molecule has 2 nitrogen and oxygen atoms in total. The van der Waals surface area contributed by atoms with Crippen molar-refractivity contribution in [2.45, 2.75) is 6.92 Å². The summed E-state index contributed by atoms with van der Waals surface area (Å²) in [5.41, 5.74) is 7.08. The van der Waals surface area contributed by atoms with Gasteiger partial charge in [0, 0.05) is 6.07 Å². The molecule has 2 aromatic carbocycles. The van der Waals surface area contributed by atoms with Crippen molar-refractivity contribution < 1.29 is 9.13 Å². The van der Waals surface area contributed by atoms with Gasteiger partial charge >= 0.3 is 0 Å². The van der Waals surface area contributed by atoms with Gasteiger partial charge in [-0.15, -0.1) is 0 Å². The lowest BCUT2D eigenvalue weighted by Crippen LogP contribution is -1.92. The Morgan fingerprint density at radius 3 is 2.38 bits per heavy atom. The van der Waals surface area contributed by atoms with E-state index in [-0.39, 0.29) is 5.82 Å². The average Bonchev–Trinajstić information content (AvgIpc) is 2.25. The molecule has 0 saturated carbocycles. The van der Waals surface area contributed by atoms with Crippen LogP contribution < -0.4 is 10.5 Å². The molecule has 0 atom stereocenters. The summed E-state index contributed by atoms with van der Waals surface area (Å²) in [5, 5.41) is 0. The zero-order chi connectivity index (χ0) is 11.5. The van der Waals surface area contributed by atoms with E-state index in [0.717, 1.165) is 5.56 Å². The van der Waals surface area contributed by atoms with E-state index in [9.17, 15) is 4.39 Å². The Morgan fingerprint density at radius 2 is 1.75 bits per heavy atom. The highest BCUT2D eigenvalue weighted by Crippen LogP contribution is 2.27. The normalized spacial score (nSPS) is 10.1. The summed E-state index contributed by atoms with van der Waals surface area (Å²) in [5.74, 6) is 0.780. The van der Waals surface area contributed by atoms with Crippen molar-refractivity contribution in [1.82, 2.24) is 0 Å². The first-order valence-corrected chi connectivity index (χ1v) is 4.95. The smallest absolute Gasteiger partial charge is 0.150 e. The van der Waals surface area contributed by atoms with Crippen LogP contribution in [0.4, 0.5) is 10.1 Å². The molecule has 0 spiro atoms. The van der Waals surface area contributed by atoms with Gasteiger partial charge in [-0.2, -0.15) is 0 Å². The molecule has 2 rings (SSSR count). The maximum absolute atomic E-state index is 12.8. The Hall–Kier alpha value is -2.03. The Kier molecular flexibility index (Phi) is 2.77. The Balaban J connectivity index is 2.23. The minimum atomic E-state index is -0.367. The third-order valence-corrected chi connectivity index (χ3v) is 2.22. The predicted octanol–water partition coefficient (Wildman–Crippen LogP) is 3.51. The van der Waals surface area contributed by atoms with Crippen LogP contribution in [0, 0.1) is 12.7 Å². The van der Waals surface area contributed by atoms with Crippen molar-refractivity contribution in [1.29, 1.82) is 0 Å². The molecule has 0 aliphatic rings. The molecule has 0 aliphatic heterocycles. The molecule has 16 heavy (non-hydrogen) atoms. The molecule has 0 aromatic heterocycles. The number of hydrogen-bond donors (Lipinski definition) is 1. The van der Waals surface area contributed by atoms with Crippen LogP contribution in [0.15, 0.2) is 42.5 Å². The van der Waals surface area contributed by atoms with Gasteiger partial charge in [0.05, 0.1) is 5.69 Å². The van der Waals surface area contributed by atoms with E-state index in [4.69, 9.17) is 10.5 Å². The zero-order valence-corrected chi connectivity index (χ0v) is 8.91. The molecule has 3 heteroatoms. The van der Waals surface area contributed by atoms with Gasteiger partial charge in [0.25, 0.3) is 0 Å². The molecule has 0 bridgehead atoms. The van der Waals surface area contributed by atoms with Crippen LogP contribution in [0.3, 0.4) is 0 Å². The van der Waals surface area contributed by atoms with Crippen molar-refractivity contribution in [2.75, 3.05) is 5.73 Å². The van der Waals surface area contributed by atoms with Crippen LogP contribution in [-0.4, -0.2) is 0 Å². The maximum atomic E-state index is 12.8. The van der Waals surface area contributed by atoms with Crippen LogP contribution in [0.25, 0.3) is 0 Å². The second-order valence-electron chi connectivity index (χ2n) is 3.60. The number of hydrogen-bond acceptors (Lipinski definition) is 2. The van der Waals surface area contributed by atoms with Crippen LogP contribution in [0.1, 0.15) is 5.56 Å². The van der Waals surface area contributed by atoms with E-state index in [1.165, 1.54) is 18.2 Å². The van der Waals surface area contributed by atoms with Crippen LogP contribution >= 0.6 is 0 Å². The van der Waals surface area contributed by atoms with Crippen molar-refractivity contribution >= 4 is 5.69 Å². The van der Waals surface area contributed by atoms with Crippen molar-refractivity contribution in [3.63, 3.8) is 0 Å². The molecule has 0 unspecified atom stereocenters.